The van der Waals surface area contributed by atoms with Crippen molar-refractivity contribution in [2.75, 3.05) is 51.2 Å². The van der Waals surface area contributed by atoms with Gasteiger partial charge in [0.25, 0.3) is 0 Å². The molecule has 2 fully saturated rings. The molecule has 3 heterocycles. The summed E-state index contributed by atoms with van der Waals surface area (Å²) in [5.74, 6) is 0.723. The van der Waals surface area contributed by atoms with Crippen LogP contribution in [0.2, 0.25) is 0 Å². The van der Waals surface area contributed by atoms with Crippen molar-refractivity contribution in [1.29, 1.82) is 0 Å². The molecule has 0 saturated carbocycles. The minimum atomic E-state index is -3.47. The molecule has 2 aliphatic heterocycles. The number of hydrogen-bond donors (Lipinski definition) is 1. The predicted molar refractivity (Wildman–Crippen MR) is 87.9 cm³/mol. The number of piperidine rings is 1. The molecule has 23 heavy (non-hydrogen) atoms. The van der Waals surface area contributed by atoms with Crippen LogP contribution >= 0.6 is 0 Å². The highest BCUT2D eigenvalue weighted by atomic mass is 32.2. The van der Waals surface area contributed by atoms with E-state index >= 15 is 0 Å². The van der Waals surface area contributed by atoms with Crippen molar-refractivity contribution in [1.82, 2.24) is 14.2 Å². The van der Waals surface area contributed by atoms with E-state index in [1.165, 1.54) is 10.5 Å². The van der Waals surface area contributed by atoms with Crippen molar-refractivity contribution in [2.24, 2.45) is 0 Å². The van der Waals surface area contributed by atoms with E-state index in [4.69, 9.17) is 0 Å². The lowest BCUT2D eigenvalue weighted by atomic mass is 10.1. The van der Waals surface area contributed by atoms with E-state index in [1.807, 2.05) is 11.9 Å². The maximum atomic E-state index is 12.6. The molecule has 0 radical (unpaired) electrons. The van der Waals surface area contributed by atoms with E-state index in [2.05, 4.69) is 9.88 Å². The molecule has 0 amide bonds. The van der Waals surface area contributed by atoms with Gasteiger partial charge in [-0.3, -0.25) is 0 Å². The van der Waals surface area contributed by atoms with Crippen LogP contribution < -0.4 is 4.90 Å². The summed E-state index contributed by atoms with van der Waals surface area (Å²) in [7, 11) is -1.47. The van der Waals surface area contributed by atoms with E-state index in [1.54, 1.807) is 12.1 Å². The summed E-state index contributed by atoms with van der Waals surface area (Å²) in [5.41, 5.74) is 0. The Labute approximate surface area is 137 Å². The minimum absolute atomic E-state index is 0.239. The molecule has 1 N–H and O–H groups in total. The molecule has 1 aromatic heterocycles. The fourth-order valence-electron chi connectivity index (χ4n) is 3.05. The number of aliphatic hydroxyl groups is 1. The smallest absolute Gasteiger partial charge is 0.244 e. The van der Waals surface area contributed by atoms with Gasteiger partial charge in [0.05, 0.1) is 6.10 Å². The number of aromatic nitrogens is 1. The summed E-state index contributed by atoms with van der Waals surface area (Å²) in [6.45, 7) is 3.91. The molecule has 3 rings (SSSR count). The fourth-order valence-corrected chi connectivity index (χ4v) is 4.42. The molecule has 0 aromatic carbocycles. The molecule has 128 valence electrons. The number of aliphatic hydroxyl groups excluding tert-OH is 1. The van der Waals surface area contributed by atoms with E-state index in [0.717, 1.165) is 38.3 Å². The topological polar surface area (TPSA) is 77.0 Å². The Balaban J connectivity index is 1.73. The number of likely N-dealkylation sites (N-methyl/N-ethyl adjacent to an activating group) is 1. The van der Waals surface area contributed by atoms with Crippen LogP contribution in [0.15, 0.2) is 23.2 Å². The third kappa shape index (κ3) is 3.65. The summed E-state index contributed by atoms with van der Waals surface area (Å²) in [6, 6.07) is 3.36. The molecule has 2 aliphatic rings. The Hall–Kier alpha value is -1.22. The van der Waals surface area contributed by atoms with Gasteiger partial charge in [-0.25, -0.2) is 13.4 Å². The van der Waals surface area contributed by atoms with E-state index in [0.29, 0.717) is 19.6 Å². The van der Waals surface area contributed by atoms with Gasteiger partial charge in [0, 0.05) is 45.5 Å². The normalized spacial score (nSPS) is 24.8. The third-order valence-electron chi connectivity index (χ3n) is 4.54. The first-order valence-electron chi connectivity index (χ1n) is 8.04. The number of piperazine rings is 1. The average molecular weight is 340 g/mol. The number of rotatable bonds is 3. The van der Waals surface area contributed by atoms with Crippen molar-refractivity contribution in [3.8, 4) is 0 Å². The zero-order valence-electron chi connectivity index (χ0n) is 13.4. The second kappa shape index (κ2) is 6.72. The zero-order valence-corrected chi connectivity index (χ0v) is 14.2. The molecule has 7 nitrogen and oxygen atoms in total. The molecule has 0 spiro atoms. The first-order chi connectivity index (χ1) is 11.0. The van der Waals surface area contributed by atoms with E-state index in [-0.39, 0.29) is 11.0 Å². The number of nitrogens with zero attached hydrogens (tertiary/aromatic N) is 4. The van der Waals surface area contributed by atoms with Gasteiger partial charge in [-0.1, -0.05) is 0 Å². The minimum Gasteiger partial charge on any atom is -0.391 e. The van der Waals surface area contributed by atoms with Crippen molar-refractivity contribution < 1.29 is 13.5 Å². The predicted octanol–water partition coefficient (Wildman–Crippen LogP) is -0.0212. The molecular formula is C15H24N4O3S. The maximum absolute atomic E-state index is 12.6. The number of sulfonamides is 1. The van der Waals surface area contributed by atoms with Crippen molar-refractivity contribution >= 4 is 15.8 Å². The Morgan fingerprint density at radius 2 is 1.91 bits per heavy atom. The molecule has 1 atom stereocenters. The first kappa shape index (κ1) is 16.6. The van der Waals surface area contributed by atoms with Crippen LogP contribution in [0, 0.1) is 0 Å². The largest absolute Gasteiger partial charge is 0.391 e. The zero-order chi connectivity index (χ0) is 16.4. The van der Waals surface area contributed by atoms with Crippen LogP contribution in [0.5, 0.6) is 0 Å². The second-order valence-electron chi connectivity index (χ2n) is 6.30. The molecule has 8 heteroatoms. The summed E-state index contributed by atoms with van der Waals surface area (Å²) < 4.78 is 26.8. The van der Waals surface area contributed by atoms with Gasteiger partial charge in [0.2, 0.25) is 10.0 Å². The average Bonchev–Trinajstić information content (AvgIpc) is 2.55. The highest BCUT2D eigenvalue weighted by molar-refractivity contribution is 7.89. The second-order valence-corrected chi connectivity index (χ2v) is 8.24. The number of anilines is 1. The van der Waals surface area contributed by atoms with Gasteiger partial charge >= 0.3 is 0 Å². The summed E-state index contributed by atoms with van der Waals surface area (Å²) in [6.07, 6.45) is 2.83. The quantitative estimate of drug-likeness (QED) is 0.833. The van der Waals surface area contributed by atoms with Gasteiger partial charge in [0.1, 0.15) is 10.7 Å². The third-order valence-corrected chi connectivity index (χ3v) is 6.42. The summed E-state index contributed by atoms with van der Waals surface area (Å²) in [5, 5.41) is 9.74. The lowest BCUT2D eigenvalue weighted by molar-refractivity contribution is 0.154. The number of pyridine rings is 1. The molecule has 0 unspecified atom stereocenters. The number of β-amino-alcohol motifs (C(OH)–C–C–N with tert-alkyl or cyclic N) is 1. The fraction of sp³-hybridized carbons (Fsp3) is 0.667. The van der Waals surface area contributed by atoms with Crippen LogP contribution in [-0.2, 0) is 10.0 Å². The molecular weight excluding hydrogens is 316 g/mol. The van der Waals surface area contributed by atoms with Crippen molar-refractivity contribution in [2.45, 2.75) is 23.8 Å². The van der Waals surface area contributed by atoms with Crippen LogP contribution in [0.25, 0.3) is 0 Å². The van der Waals surface area contributed by atoms with Crippen LogP contribution in [-0.4, -0.2) is 80.1 Å². The summed E-state index contributed by atoms with van der Waals surface area (Å²) in [4.78, 5) is 8.67. The van der Waals surface area contributed by atoms with Crippen LogP contribution in [0.4, 0.5) is 5.82 Å². The Kier molecular flexibility index (Phi) is 4.86. The van der Waals surface area contributed by atoms with Gasteiger partial charge in [0.15, 0.2) is 0 Å². The molecule has 1 aromatic rings. The van der Waals surface area contributed by atoms with Gasteiger partial charge < -0.3 is 14.9 Å². The molecule has 0 aliphatic carbocycles. The monoisotopic (exact) mass is 340 g/mol. The van der Waals surface area contributed by atoms with Gasteiger partial charge in [-0.15, -0.1) is 0 Å². The molecule has 2 saturated heterocycles. The van der Waals surface area contributed by atoms with E-state index in [9.17, 15) is 13.5 Å². The number of hydrogen-bond acceptors (Lipinski definition) is 6. The Morgan fingerprint density at radius 3 is 2.52 bits per heavy atom. The van der Waals surface area contributed by atoms with Crippen molar-refractivity contribution in [3.63, 3.8) is 0 Å². The van der Waals surface area contributed by atoms with Crippen molar-refractivity contribution in [3.05, 3.63) is 18.3 Å². The maximum Gasteiger partial charge on any atom is 0.244 e. The lowest BCUT2D eigenvalue weighted by Gasteiger charge is -2.32. The highest BCUT2D eigenvalue weighted by Gasteiger charge is 2.28. The van der Waals surface area contributed by atoms with Gasteiger partial charge in [-0.2, -0.15) is 4.31 Å². The summed E-state index contributed by atoms with van der Waals surface area (Å²) >= 11 is 0. The Bertz CT molecular complexity index is 627. The Morgan fingerprint density at radius 1 is 1.17 bits per heavy atom. The molecule has 0 bridgehead atoms. The van der Waals surface area contributed by atoms with Crippen LogP contribution in [0.1, 0.15) is 12.8 Å². The SMILES string of the molecule is CN1CCN(S(=O)(=O)c2ccc(N3CCC[C@@H](O)C3)nc2)CC1. The van der Waals surface area contributed by atoms with Gasteiger partial charge in [-0.05, 0) is 32.0 Å². The lowest BCUT2D eigenvalue weighted by Crippen LogP contribution is -2.47. The highest BCUT2D eigenvalue weighted by Crippen LogP contribution is 2.21. The standard InChI is InChI=1S/C15H24N4O3S/c1-17-7-9-19(10-8-17)23(21,22)14-4-5-15(16-11-14)18-6-2-3-13(20)12-18/h4-5,11,13,20H,2-3,6-10,12H2,1H3/t13-/m1/s1. The van der Waals surface area contributed by atoms with Crippen LogP contribution in [0.3, 0.4) is 0 Å². The van der Waals surface area contributed by atoms with E-state index < -0.39 is 10.0 Å². The first-order valence-corrected chi connectivity index (χ1v) is 9.48.